The summed E-state index contributed by atoms with van der Waals surface area (Å²) in [7, 11) is 0. The summed E-state index contributed by atoms with van der Waals surface area (Å²) in [6, 6.07) is 9.77. The maximum absolute atomic E-state index is 5.75. The molecule has 3 aromatic rings. The molecule has 4 rings (SSSR count). The van der Waals surface area contributed by atoms with Gasteiger partial charge in [0.2, 0.25) is 5.79 Å². The molecule has 22 heavy (non-hydrogen) atoms. The van der Waals surface area contributed by atoms with Gasteiger partial charge in [0, 0.05) is 37.9 Å². The van der Waals surface area contributed by atoms with Crippen molar-refractivity contribution in [2.24, 2.45) is 0 Å². The minimum atomic E-state index is -0.613. The van der Waals surface area contributed by atoms with Gasteiger partial charge in [-0.15, -0.1) is 0 Å². The third kappa shape index (κ3) is 2.50. The fourth-order valence-electron chi connectivity index (χ4n) is 2.40. The van der Waals surface area contributed by atoms with Gasteiger partial charge in [0.05, 0.1) is 16.7 Å². The molecule has 5 nitrogen and oxygen atoms in total. The highest BCUT2D eigenvalue weighted by Gasteiger charge is 2.32. The van der Waals surface area contributed by atoms with Crippen LogP contribution in [0.15, 0.2) is 41.7 Å². The number of pyridine rings is 1. The molecule has 0 spiro atoms. The van der Waals surface area contributed by atoms with Crippen molar-refractivity contribution in [2.45, 2.75) is 30.5 Å². The lowest BCUT2D eigenvalue weighted by Crippen LogP contribution is -2.29. The smallest absolute Gasteiger partial charge is 0.246 e. The van der Waals surface area contributed by atoms with Crippen molar-refractivity contribution >= 4 is 22.8 Å². The Morgan fingerprint density at radius 1 is 1.18 bits per heavy atom. The SMILES string of the molecule is CC1(C)Oc2cc3nc(SCc4ccccn4)[nH]c3cc2O1. The van der Waals surface area contributed by atoms with E-state index in [1.54, 1.807) is 18.0 Å². The third-order valence-electron chi connectivity index (χ3n) is 3.32. The fourth-order valence-corrected chi connectivity index (χ4v) is 3.20. The summed E-state index contributed by atoms with van der Waals surface area (Å²) in [6.45, 7) is 3.78. The van der Waals surface area contributed by atoms with E-state index >= 15 is 0 Å². The first-order chi connectivity index (χ1) is 10.6. The number of thioether (sulfide) groups is 1. The van der Waals surface area contributed by atoms with Crippen LogP contribution in [0.25, 0.3) is 11.0 Å². The quantitative estimate of drug-likeness (QED) is 0.746. The molecule has 0 bridgehead atoms. The van der Waals surface area contributed by atoms with E-state index in [-0.39, 0.29) is 0 Å². The average molecular weight is 313 g/mol. The van der Waals surface area contributed by atoms with E-state index in [1.807, 2.05) is 44.2 Å². The van der Waals surface area contributed by atoms with Gasteiger partial charge in [-0.2, -0.15) is 0 Å². The second kappa shape index (κ2) is 4.91. The van der Waals surface area contributed by atoms with E-state index < -0.39 is 5.79 Å². The van der Waals surface area contributed by atoms with Crippen LogP contribution in [0.1, 0.15) is 19.5 Å². The van der Waals surface area contributed by atoms with Crippen LogP contribution in [0.3, 0.4) is 0 Å². The number of hydrogen-bond acceptors (Lipinski definition) is 5. The highest BCUT2D eigenvalue weighted by atomic mass is 32.2. The van der Waals surface area contributed by atoms with E-state index in [0.717, 1.165) is 39.1 Å². The lowest BCUT2D eigenvalue weighted by molar-refractivity contribution is -0.0431. The zero-order chi connectivity index (χ0) is 15.2. The lowest BCUT2D eigenvalue weighted by Gasteiger charge is -2.16. The normalized spacial score (nSPS) is 15.4. The molecule has 0 atom stereocenters. The number of nitrogens with one attached hydrogen (secondary N) is 1. The highest BCUT2D eigenvalue weighted by Crippen LogP contribution is 2.41. The monoisotopic (exact) mass is 313 g/mol. The van der Waals surface area contributed by atoms with Gasteiger partial charge in [0.15, 0.2) is 16.7 Å². The molecule has 1 aromatic carbocycles. The summed E-state index contributed by atoms with van der Waals surface area (Å²) in [5.41, 5.74) is 2.86. The Labute approximate surface area is 132 Å². The lowest BCUT2D eigenvalue weighted by atomic mass is 10.3. The van der Waals surface area contributed by atoms with Crippen molar-refractivity contribution in [3.63, 3.8) is 0 Å². The maximum atomic E-state index is 5.75. The Balaban J connectivity index is 1.58. The van der Waals surface area contributed by atoms with Crippen molar-refractivity contribution in [3.8, 4) is 11.5 Å². The molecule has 0 radical (unpaired) electrons. The van der Waals surface area contributed by atoms with Crippen molar-refractivity contribution in [2.75, 3.05) is 0 Å². The zero-order valence-corrected chi connectivity index (χ0v) is 13.1. The molecule has 0 saturated carbocycles. The largest absolute Gasteiger partial charge is 0.449 e. The number of imidazole rings is 1. The first-order valence-electron chi connectivity index (χ1n) is 7.04. The summed E-state index contributed by atoms with van der Waals surface area (Å²) in [4.78, 5) is 12.2. The van der Waals surface area contributed by atoms with Crippen LogP contribution >= 0.6 is 11.8 Å². The van der Waals surface area contributed by atoms with Gasteiger partial charge < -0.3 is 14.5 Å². The van der Waals surface area contributed by atoms with Gasteiger partial charge in [-0.05, 0) is 12.1 Å². The number of H-pyrrole nitrogens is 1. The van der Waals surface area contributed by atoms with Crippen molar-refractivity contribution in [1.29, 1.82) is 0 Å². The Kier molecular flexibility index (Phi) is 3.00. The van der Waals surface area contributed by atoms with Gasteiger partial charge in [-0.3, -0.25) is 4.98 Å². The number of rotatable bonds is 3. The number of aromatic amines is 1. The molecule has 0 unspecified atom stereocenters. The minimum Gasteiger partial charge on any atom is -0.449 e. The molecule has 1 aliphatic heterocycles. The molecule has 1 aliphatic rings. The van der Waals surface area contributed by atoms with Crippen molar-refractivity contribution in [3.05, 3.63) is 42.2 Å². The molecule has 0 amide bonds. The van der Waals surface area contributed by atoms with Crippen LogP contribution in [-0.4, -0.2) is 20.7 Å². The maximum Gasteiger partial charge on any atom is 0.246 e. The number of fused-ring (bicyclic) bond motifs is 2. The first-order valence-corrected chi connectivity index (χ1v) is 8.02. The predicted octanol–water partition coefficient (Wildman–Crippen LogP) is 3.76. The second-order valence-corrected chi connectivity index (χ2v) is 6.54. The molecule has 2 aromatic heterocycles. The molecule has 1 N–H and O–H groups in total. The van der Waals surface area contributed by atoms with E-state index in [0.29, 0.717) is 0 Å². The molecule has 3 heterocycles. The summed E-state index contributed by atoms with van der Waals surface area (Å²) in [5.74, 6) is 1.66. The van der Waals surface area contributed by atoms with Crippen LogP contribution < -0.4 is 9.47 Å². The number of nitrogens with zero attached hydrogens (tertiary/aromatic N) is 2. The standard InChI is InChI=1S/C16H15N3O2S/c1-16(2)20-13-7-11-12(8-14(13)21-16)19-15(18-11)22-9-10-5-3-4-6-17-10/h3-8H,9H2,1-2H3,(H,18,19). The Bertz CT molecular complexity index is 785. The van der Waals surface area contributed by atoms with Gasteiger partial charge in [0.1, 0.15) is 0 Å². The Morgan fingerprint density at radius 3 is 2.77 bits per heavy atom. The van der Waals surface area contributed by atoms with Crippen molar-refractivity contribution in [1.82, 2.24) is 15.0 Å². The molecular weight excluding hydrogens is 298 g/mol. The number of ether oxygens (including phenoxy) is 2. The van der Waals surface area contributed by atoms with Gasteiger partial charge >= 0.3 is 0 Å². The average Bonchev–Trinajstić information content (AvgIpc) is 3.00. The Morgan fingerprint density at radius 2 is 2.00 bits per heavy atom. The van der Waals surface area contributed by atoms with E-state index in [9.17, 15) is 0 Å². The van der Waals surface area contributed by atoms with E-state index in [2.05, 4.69) is 15.0 Å². The molecule has 0 saturated heterocycles. The number of hydrogen-bond donors (Lipinski definition) is 1. The molecule has 0 aliphatic carbocycles. The minimum absolute atomic E-state index is 0.613. The number of benzene rings is 1. The Hall–Kier alpha value is -2.21. The molecule has 6 heteroatoms. The van der Waals surface area contributed by atoms with Crippen LogP contribution in [0.5, 0.6) is 11.5 Å². The molecule has 112 valence electrons. The van der Waals surface area contributed by atoms with Crippen LogP contribution in [-0.2, 0) is 5.75 Å². The molecule has 0 fully saturated rings. The summed E-state index contributed by atoms with van der Waals surface area (Å²) < 4.78 is 11.5. The van der Waals surface area contributed by atoms with Gasteiger partial charge in [-0.1, -0.05) is 17.8 Å². The zero-order valence-electron chi connectivity index (χ0n) is 12.3. The summed E-state index contributed by atoms with van der Waals surface area (Å²) >= 11 is 1.63. The van der Waals surface area contributed by atoms with Crippen LogP contribution in [0, 0.1) is 0 Å². The summed E-state index contributed by atoms with van der Waals surface area (Å²) in [5, 5.41) is 0.864. The fraction of sp³-hybridized carbons (Fsp3) is 0.250. The summed E-state index contributed by atoms with van der Waals surface area (Å²) in [6.07, 6.45) is 1.80. The van der Waals surface area contributed by atoms with Gasteiger partial charge in [0.25, 0.3) is 0 Å². The first kappa shape index (κ1) is 13.5. The number of aromatic nitrogens is 3. The van der Waals surface area contributed by atoms with Crippen molar-refractivity contribution < 1.29 is 9.47 Å². The second-order valence-electron chi connectivity index (χ2n) is 5.57. The van der Waals surface area contributed by atoms with Crippen LogP contribution in [0.2, 0.25) is 0 Å². The van der Waals surface area contributed by atoms with E-state index in [1.165, 1.54) is 0 Å². The third-order valence-corrected chi connectivity index (χ3v) is 4.23. The van der Waals surface area contributed by atoms with E-state index in [4.69, 9.17) is 9.47 Å². The van der Waals surface area contributed by atoms with Gasteiger partial charge in [-0.25, -0.2) is 4.98 Å². The highest BCUT2D eigenvalue weighted by molar-refractivity contribution is 7.98. The topological polar surface area (TPSA) is 60.0 Å². The van der Waals surface area contributed by atoms with Crippen LogP contribution in [0.4, 0.5) is 0 Å². The predicted molar refractivity (Wildman–Crippen MR) is 85.2 cm³/mol. The molecular formula is C16H15N3O2S.